The van der Waals surface area contributed by atoms with Crippen molar-refractivity contribution in [1.29, 1.82) is 0 Å². The molecule has 3 rings (SSSR count). The Bertz CT molecular complexity index is 996. The maximum absolute atomic E-state index is 12.2. The van der Waals surface area contributed by atoms with E-state index in [-0.39, 0.29) is 12.5 Å². The number of benzene rings is 2. The minimum Gasteiger partial charge on any atom is -0.394 e. The van der Waals surface area contributed by atoms with Crippen molar-refractivity contribution >= 4 is 29.0 Å². The van der Waals surface area contributed by atoms with Crippen LogP contribution >= 0.6 is 0 Å². The highest BCUT2D eigenvalue weighted by Gasteiger charge is 2.08. The molecule has 0 saturated carbocycles. The Balaban J connectivity index is 1.57. The van der Waals surface area contributed by atoms with Crippen molar-refractivity contribution in [3.63, 3.8) is 0 Å². The van der Waals surface area contributed by atoms with Crippen LogP contribution in [0.3, 0.4) is 0 Å². The fraction of sp³-hybridized carbons (Fsp3) is 0.292. The summed E-state index contributed by atoms with van der Waals surface area (Å²) >= 11 is 0. The molecule has 0 bridgehead atoms. The third kappa shape index (κ3) is 7.33. The Kier molecular flexibility index (Phi) is 8.53. The standard InChI is InChI=1S/C24H29N5O3/c1-18-16-22(29(2)12-14-32-15-13-30)28-24(25-18)27-21-10-8-20(9-11-21)26-23(31)17-19-6-4-3-5-7-19/h3-11,16,30H,12-15,17H2,1-2H3,(H,26,31)(H,25,27,28). The molecule has 3 aromatic rings. The third-order valence-corrected chi connectivity index (χ3v) is 4.67. The van der Waals surface area contributed by atoms with E-state index in [1.807, 2.05) is 79.5 Å². The molecule has 0 fully saturated rings. The van der Waals surface area contributed by atoms with Gasteiger partial charge in [-0.25, -0.2) is 4.98 Å². The number of nitrogens with one attached hydrogen (secondary N) is 2. The molecule has 3 N–H and O–H groups in total. The van der Waals surface area contributed by atoms with Gasteiger partial charge in [0.05, 0.1) is 26.2 Å². The van der Waals surface area contributed by atoms with Crippen molar-refractivity contribution in [2.45, 2.75) is 13.3 Å². The van der Waals surface area contributed by atoms with Gasteiger partial charge in [-0.15, -0.1) is 0 Å². The number of likely N-dealkylation sites (N-methyl/N-ethyl adjacent to an activating group) is 1. The second-order valence-corrected chi connectivity index (χ2v) is 7.36. The number of aryl methyl sites for hydroxylation is 1. The molecule has 0 radical (unpaired) electrons. The summed E-state index contributed by atoms with van der Waals surface area (Å²) < 4.78 is 5.32. The van der Waals surface area contributed by atoms with Gasteiger partial charge in [0.15, 0.2) is 0 Å². The van der Waals surface area contributed by atoms with Crippen LogP contribution in [-0.2, 0) is 16.0 Å². The maximum atomic E-state index is 12.2. The van der Waals surface area contributed by atoms with Crippen LogP contribution < -0.4 is 15.5 Å². The van der Waals surface area contributed by atoms with Gasteiger partial charge >= 0.3 is 0 Å². The van der Waals surface area contributed by atoms with Crippen molar-refractivity contribution in [1.82, 2.24) is 9.97 Å². The van der Waals surface area contributed by atoms with E-state index in [0.717, 1.165) is 28.5 Å². The molecule has 0 atom stereocenters. The monoisotopic (exact) mass is 435 g/mol. The first kappa shape index (κ1) is 23.2. The number of aromatic nitrogens is 2. The fourth-order valence-electron chi connectivity index (χ4n) is 3.04. The molecule has 1 heterocycles. The van der Waals surface area contributed by atoms with E-state index in [1.165, 1.54) is 0 Å². The zero-order valence-corrected chi connectivity index (χ0v) is 18.4. The van der Waals surface area contributed by atoms with Crippen molar-refractivity contribution in [2.24, 2.45) is 0 Å². The number of anilines is 4. The van der Waals surface area contributed by atoms with Crippen LogP contribution in [0.25, 0.3) is 0 Å². The van der Waals surface area contributed by atoms with Crippen LogP contribution in [0.15, 0.2) is 60.7 Å². The average molecular weight is 436 g/mol. The van der Waals surface area contributed by atoms with Gasteiger partial charge in [0.2, 0.25) is 11.9 Å². The van der Waals surface area contributed by atoms with Gasteiger partial charge in [-0.3, -0.25) is 4.79 Å². The molecule has 168 valence electrons. The number of aliphatic hydroxyl groups excluding tert-OH is 1. The molecule has 0 spiro atoms. The lowest BCUT2D eigenvalue weighted by molar-refractivity contribution is -0.115. The lowest BCUT2D eigenvalue weighted by atomic mass is 10.1. The summed E-state index contributed by atoms with van der Waals surface area (Å²) in [5, 5.41) is 14.9. The quantitative estimate of drug-likeness (QED) is 0.398. The van der Waals surface area contributed by atoms with Crippen LogP contribution in [0.2, 0.25) is 0 Å². The summed E-state index contributed by atoms with van der Waals surface area (Å²) in [5.41, 5.74) is 3.35. The van der Waals surface area contributed by atoms with Crippen molar-refractivity contribution in [3.8, 4) is 0 Å². The van der Waals surface area contributed by atoms with Crippen molar-refractivity contribution in [3.05, 3.63) is 71.9 Å². The highest BCUT2D eigenvalue weighted by molar-refractivity contribution is 5.92. The van der Waals surface area contributed by atoms with Gasteiger partial charge < -0.3 is 25.4 Å². The molecule has 8 heteroatoms. The van der Waals surface area contributed by atoms with E-state index in [2.05, 4.69) is 20.6 Å². The first-order chi connectivity index (χ1) is 15.5. The van der Waals surface area contributed by atoms with E-state index in [0.29, 0.717) is 32.1 Å². The second kappa shape index (κ2) is 11.8. The minimum atomic E-state index is -0.0606. The van der Waals surface area contributed by atoms with Crippen LogP contribution in [0.5, 0.6) is 0 Å². The number of hydrogen-bond acceptors (Lipinski definition) is 7. The predicted octanol–water partition coefficient (Wildman–Crippen LogP) is 3.15. The van der Waals surface area contributed by atoms with Gasteiger partial charge in [-0.05, 0) is 36.8 Å². The Labute approximate surface area is 188 Å². The number of ether oxygens (including phenoxy) is 1. The van der Waals surface area contributed by atoms with E-state index >= 15 is 0 Å². The molecule has 0 unspecified atom stereocenters. The zero-order chi connectivity index (χ0) is 22.8. The molecule has 2 aromatic carbocycles. The SMILES string of the molecule is Cc1cc(N(C)CCOCCO)nc(Nc2ccc(NC(=O)Cc3ccccc3)cc2)n1. The second-order valence-electron chi connectivity index (χ2n) is 7.36. The molecular weight excluding hydrogens is 406 g/mol. The summed E-state index contributed by atoms with van der Waals surface area (Å²) in [5.74, 6) is 1.20. The van der Waals surface area contributed by atoms with E-state index in [9.17, 15) is 4.79 Å². The van der Waals surface area contributed by atoms with Crippen molar-refractivity contribution in [2.75, 3.05) is 48.9 Å². The van der Waals surface area contributed by atoms with E-state index in [1.54, 1.807) is 0 Å². The van der Waals surface area contributed by atoms with Crippen LogP contribution in [0.1, 0.15) is 11.3 Å². The number of aliphatic hydroxyl groups is 1. The lowest BCUT2D eigenvalue weighted by Gasteiger charge is -2.19. The summed E-state index contributed by atoms with van der Waals surface area (Å²) in [7, 11) is 1.93. The molecule has 0 aliphatic rings. The highest BCUT2D eigenvalue weighted by atomic mass is 16.5. The number of rotatable bonds is 11. The minimum absolute atomic E-state index is 0.0138. The molecule has 0 saturated heterocycles. The summed E-state index contributed by atoms with van der Waals surface area (Å²) in [6.45, 7) is 3.40. The van der Waals surface area contributed by atoms with Gasteiger partial charge in [0.25, 0.3) is 0 Å². The Morgan fingerprint density at radius 1 is 1.03 bits per heavy atom. The summed E-state index contributed by atoms with van der Waals surface area (Å²) in [6.07, 6.45) is 0.333. The van der Waals surface area contributed by atoms with Crippen LogP contribution in [-0.4, -0.2) is 54.4 Å². The Morgan fingerprint density at radius 3 is 2.47 bits per heavy atom. The van der Waals surface area contributed by atoms with E-state index in [4.69, 9.17) is 9.84 Å². The first-order valence-electron chi connectivity index (χ1n) is 10.5. The Morgan fingerprint density at radius 2 is 1.75 bits per heavy atom. The summed E-state index contributed by atoms with van der Waals surface area (Å²) in [4.78, 5) is 23.2. The lowest BCUT2D eigenvalue weighted by Crippen LogP contribution is -2.24. The number of hydrogen-bond donors (Lipinski definition) is 3. The predicted molar refractivity (Wildman–Crippen MR) is 126 cm³/mol. The van der Waals surface area contributed by atoms with Crippen LogP contribution in [0.4, 0.5) is 23.1 Å². The summed E-state index contributed by atoms with van der Waals surface area (Å²) in [6, 6.07) is 19.0. The van der Waals surface area contributed by atoms with Gasteiger partial charge in [-0.1, -0.05) is 30.3 Å². The van der Waals surface area contributed by atoms with Gasteiger partial charge in [-0.2, -0.15) is 4.98 Å². The third-order valence-electron chi connectivity index (χ3n) is 4.67. The molecule has 1 aromatic heterocycles. The number of carbonyl (C=O) groups excluding carboxylic acids is 1. The Hall–Kier alpha value is -3.49. The smallest absolute Gasteiger partial charge is 0.229 e. The maximum Gasteiger partial charge on any atom is 0.229 e. The number of carbonyl (C=O) groups is 1. The van der Waals surface area contributed by atoms with Crippen molar-refractivity contribution < 1.29 is 14.6 Å². The van der Waals surface area contributed by atoms with Crippen LogP contribution in [0, 0.1) is 6.92 Å². The topological polar surface area (TPSA) is 99.6 Å². The zero-order valence-electron chi connectivity index (χ0n) is 18.4. The molecule has 8 nitrogen and oxygen atoms in total. The first-order valence-corrected chi connectivity index (χ1v) is 10.5. The number of amides is 1. The molecule has 0 aliphatic heterocycles. The normalized spacial score (nSPS) is 10.6. The molecular formula is C24H29N5O3. The molecule has 1 amide bonds. The highest BCUT2D eigenvalue weighted by Crippen LogP contribution is 2.20. The molecule has 0 aliphatic carbocycles. The molecule has 32 heavy (non-hydrogen) atoms. The van der Waals surface area contributed by atoms with E-state index < -0.39 is 0 Å². The number of nitrogens with zero attached hydrogens (tertiary/aromatic N) is 3. The van der Waals surface area contributed by atoms with Gasteiger partial charge in [0.1, 0.15) is 5.82 Å². The van der Waals surface area contributed by atoms with Gasteiger partial charge in [0, 0.05) is 36.7 Å². The average Bonchev–Trinajstić information content (AvgIpc) is 2.78. The largest absolute Gasteiger partial charge is 0.394 e. The fourth-order valence-corrected chi connectivity index (χ4v) is 3.04.